The van der Waals surface area contributed by atoms with Crippen LogP contribution in [0.15, 0.2) is 18.2 Å². The van der Waals surface area contributed by atoms with Crippen LogP contribution in [0.2, 0.25) is 0 Å². The predicted octanol–water partition coefficient (Wildman–Crippen LogP) is 1.92. The highest BCUT2D eigenvalue weighted by Crippen LogP contribution is 2.15. The Labute approximate surface area is 82.2 Å². The number of aromatic nitrogens is 1. The van der Waals surface area contributed by atoms with Crippen molar-refractivity contribution in [3.05, 3.63) is 23.9 Å². The zero-order valence-electron chi connectivity index (χ0n) is 7.33. The second-order valence-electron chi connectivity index (χ2n) is 2.38. The molecule has 4 heteroatoms. The predicted molar refractivity (Wildman–Crippen MR) is 55.0 cm³/mol. The summed E-state index contributed by atoms with van der Waals surface area (Å²) in [5.41, 5.74) is 6.97. The Morgan fingerprint density at radius 2 is 2.38 bits per heavy atom. The number of nitrogens with zero attached hydrogens (tertiary/aromatic N) is 1. The minimum atomic E-state index is 0.443. The number of nitrogen functional groups attached to an aromatic ring is 1. The molecule has 0 atom stereocenters. The molecule has 0 aromatic carbocycles. The summed E-state index contributed by atoms with van der Waals surface area (Å²) in [6, 6.07) is 3.47. The molecule has 2 N–H and O–H groups in total. The fourth-order valence-electron chi connectivity index (χ4n) is 0.870. The largest absolute Gasteiger partial charge is 0.481 e. The first kappa shape index (κ1) is 9.86. The van der Waals surface area contributed by atoms with E-state index in [1.165, 1.54) is 0 Å². The molecule has 0 aliphatic heterocycles. The van der Waals surface area contributed by atoms with E-state index in [-0.39, 0.29) is 0 Å². The summed E-state index contributed by atoms with van der Waals surface area (Å²) < 4.78 is 4.96. The summed E-state index contributed by atoms with van der Waals surface area (Å²) in [7, 11) is 1.56. The van der Waals surface area contributed by atoms with Crippen molar-refractivity contribution in [1.29, 1.82) is 0 Å². The van der Waals surface area contributed by atoms with E-state index in [1.54, 1.807) is 31.4 Å². The number of nitrogens with two attached hydrogens (primary N) is 1. The van der Waals surface area contributed by atoms with Crippen LogP contribution in [0.3, 0.4) is 0 Å². The zero-order chi connectivity index (χ0) is 9.68. The van der Waals surface area contributed by atoms with Gasteiger partial charge >= 0.3 is 0 Å². The maximum atomic E-state index is 5.67. The van der Waals surface area contributed by atoms with Gasteiger partial charge in [0, 0.05) is 11.9 Å². The number of ether oxygens (including phenoxy) is 1. The molecule has 0 bridgehead atoms. The number of pyridine rings is 1. The summed E-state index contributed by atoms with van der Waals surface area (Å²) >= 11 is 5.49. The maximum Gasteiger partial charge on any atom is 0.213 e. The van der Waals surface area contributed by atoms with E-state index in [4.69, 9.17) is 22.1 Å². The van der Waals surface area contributed by atoms with Gasteiger partial charge in [0.05, 0.1) is 18.5 Å². The van der Waals surface area contributed by atoms with Crippen LogP contribution in [-0.4, -0.2) is 18.0 Å². The fourth-order valence-corrected chi connectivity index (χ4v) is 0.959. The van der Waals surface area contributed by atoms with Gasteiger partial charge in [-0.1, -0.05) is 6.08 Å². The minimum absolute atomic E-state index is 0.443. The Morgan fingerprint density at radius 1 is 1.62 bits per heavy atom. The summed E-state index contributed by atoms with van der Waals surface area (Å²) in [6.45, 7) is 0. The Kier molecular flexibility index (Phi) is 3.58. The van der Waals surface area contributed by atoms with Crippen LogP contribution in [-0.2, 0) is 0 Å². The number of rotatable bonds is 3. The first-order valence-electron chi connectivity index (χ1n) is 3.81. The lowest BCUT2D eigenvalue weighted by Gasteiger charge is -2.02. The van der Waals surface area contributed by atoms with E-state index >= 15 is 0 Å². The summed E-state index contributed by atoms with van der Waals surface area (Å²) in [5, 5.41) is 0. The molecule has 0 saturated heterocycles. The van der Waals surface area contributed by atoms with Crippen LogP contribution in [0.25, 0.3) is 6.08 Å². The monoisotopic (exact) mass is 198 g/mol. The molecule has 1 rings (SSSR count). The molecule has 0 aliphatic rings. The molecule has 0 radical (unpaired) electrons. The van der Waals surface area contributed by atoms with Gasteiger partial charge < -0.3 is 10.5 Å². The lowest BCUT2D eigenvalue weighted by Crippen LogP contribution is -1.95. The average Bonchev–Trinajstić information content (AvgIpc) is 2.17. The van der Waals surface area contributed by atoms with E-state index in [0.717, 1.165) is 0 Å². The van der Waals surface area contributed by atoms with Crippen molar-refractivity contribution in [1.82, 2.24) is 4.98 Å². The van der Waals surface area contributed by atoms with Crippen molar-refractivity contribution in [3.8, 4) is 5.88 Å². The molecule has 13 heavy (non-hydrogen) atoms. The molecule has 0 fully saturated rings. The molecule has 3 nitrogen and oxygen atoms in total. The number of alkyl halides is 1. The molecule has 0 amide bonds. The summed E-state index contributed by atoms with van der Waals surface area (Å²) in [4.78, 5) is 4.14. The Bertz CT molecular complexity index is 312. The third-order valence-electron chi connectivity index (χ3n) is 1.51. The van der Waals surface area contributed by atoms with Crippen LogP contribution in [0.5, 0.6) is 5.88 Å². The normalized spacial score (nSPS) is 10.6. The van der Waals surface area contributed by atoms with Gasteiger partial charge in [0.25, 0.3) is 0 Å². The summed E-state index contributed by atoms with van der Waals surface area (Å²) in [5.74, 6) is 0.988. The van der Waals surface area contributed by atoms with E-state index in [9.17, 15) is 0 Å². The van der Waals surface area contributed by atoms with Crippen molar-refractivity contribution in [2.75, 3.05) is 18.7 Å². The molecule has 1 aromatic rings. The highest BCUT2D eigenvalue weighted by molar-refractivity contribution is 6.19. The van der Waals surface area contributed by atoms with Crippen LogP contribution < -0.4 is 10.5 Å². The number of hydrogen-bond acceptors (Lipinski definition) is 3. The number of methoxy groups -OCH3 is 1. The lowest BCUT2D eigenvalue weighted by atomic mass is 10.3. The Hall–Kier alpha value is -1.22. The lowest BCUT2D eigenvalue weighted by molar-refractivity contribution is 0.398. The third-order valence-corrected chi connectivity index (χ3v) is 1.68. The highest BCUT2D eigenvalue weighted by Gasteiger charge is 1.98. The number of allylic oxidation sites excluding steroid dienone is 1. The molecule has 0 spiro atoms. The van der Waals surface area contributed by atoms with Gasteiger partial charge in [-0.15, -0.1) is 11.6 Å². The summed E-state index contributed by atoms with van der Waals surface area (Å²) in [6.07, 6.45) is 3.55. The van der Waals surface area contributed by atoms with Gasteiger partial charge in [-0.3, -0.25) is 0 Å². The molecular weight excluding hydrogens is 188 g/mol. The number of halogens is 1. The smallest absolute Gasteiger partial charge is 0.213 e. The van der Waals surface area contributed by atoms with Crippen molar-refractivity contribution in [2.24, 2.45) is 0 Å². The van der Waals surface area contributed by atoms with Crippen molar-refractivity contribution < 1.29 is 4.74 Å². The minimum Gasteiger partial charge on any atom is -0.481 e. The second kappa shape index (κ2) is 4.72. The van der Waals surface area contributed by atoms with E-state index in [1.807, 2.05) is 0 Å². The quantitative estimate of drug-likeness (QED) is 0.755. The average molecular weight is 199 g/mol. The van der Waals surface area contributed by atoms with Crippen molar-refractivity contribution >= 4 is 23.4 Å². The standard InChI is InChI=1S/C9H11ClN2O/c1-13-9-5-4-7(11)8(12-9)3-2-6-10/h2-5H,6,11H2,1H3. The van der Waals surface area contributed by atoms with Gasteiger partial charge in [0.1, 0.15) is 0 Å². The maximum absolute atomic E-state index is 5.67. The number of hydrogen-bond donors (Lipinski definition) is 1. The molecule has 70 valence electrons. The molecule has 0 aliphatic carbocycles. The van der Waals surface area contributed by atoms with E-state index < -0.39 is 0 Å². The fraction of sp³-hybridized carbons (Fsp3) is 0.222. The molecular formula is C9H11ClN2O. The van der Waals surface area contributed by atoms with Gasteiger partial charge in [-0.25, -0.2) is 4.98 Å². The third kappa shape index (κ3) is 2.63. The van der Waals surface area contributed by atoms with Gasteiger partial charge in [0.15, 0.2) is 0 Å². The van der Waals surface area contributed by atoms with Crippen LogP contribution in [0.1, 0.15) is 5.69 Å². The molecule has 1 aromatic heterocycles. The van der Waals surface area contributed by atoms with Crippen LogP contribution in [0, 0.1) is 0 Å². The first-order valence-corrected chi connectivity index (χ1v) is 4.34. The molecule has 0 saturated carbocycles. The molecule has 1 heterocycles. The Morgan fingerprint density at radius 3 is 3.00 bits per heavy atom. The van der Waals surface area contributed by atoms with Crippen LogP contribution in [0.4, 0.5) is 5.69 Å². The van der Waals surface area contributed by atoms with E-state index in [2.05, 4.69) is 4.98 Å². The SMILES string of the molecule is COc1ccc(N)c(C=CCCl)n1. The zero-order valence-corrected chi connectivity index (χ0v) is 8.08. The highest BCUT2D eigenvalue weighted by atomic mass is 35.5. The van der Waals surface area contributed by atoms with Gasteiger partial charge in [-0.2, -0.15) is 0 Å². The molecule has 0 unspecified atom stereocenters. The van der Waals surface area contributed by atoms with Gasteiger partial charge in [0.2, 0.25) is 5.88 Å². The Balaban J connectivity index is 2.97. The van der Waals surface area contributed by atoms with Crippen molar-refractivity contribution in [3.63, 3.8) is 0 Å². The second-order valence-corrected chi connectivity index (χ2v) is 2.69. The van der Waals surface area contributed by atoms with Gasteiger partial charge in [-0.05, 0) is 12.1 Å². The van der Waals surface area contributed by atoms with Crippen molar-refractivity contribution in [2.45, 2.75) is 0 Å². The first-order chi connectivity index (χ1) is 6.27. The topological polar surface area (TPSA) is 48.1 Å². The number of anilines is 1. The van der Waals surface area contributed by atoms with Crippen LogP contribution >= 0.6 is 11.6 Å². The van der Waals surface area contributed by atoms with E-state index in [0.29, 0.717) is 23.1 Å².